The van der Waals surface area contributed by atoms with Crippen molar-refractivity contribution in [3.8, 4) is 0 Å². The number of rotatable bonds is 1. The fraction of sp³-hybridized carbons (Fsp3) is 0. The van der Waals surface area contributed by atoms with Crippen LogP contribution in [0.4, 0.5) is 0 Å². The van der Waals surface area contributed by atoms with Crippen LogP contribution < -0.4 is 0 Å². The van der Waals surface area contributed by atoms with Gasteiger partial charge in [-0.3, -0.25) is 0 Å². The predicted molar refractivity (Wildman–Crippen MR) is 53.9 cm³/mol. The fourth-order valence-electron chi connectivity index (χ4n) is 1.13. The maximum absolute atomic E-state index is 8.36. The smallest absolute Gasteiger partial charge is 0.157 e. The third-order valence-electron chi connectivity index (χ3n) is 1.73. The van der Waals surface area contributed by atoms with Crippen molar-refractivity contribution in [2.24, 2.45) is 5.16 Å². The molecule has 0 saturated carbocycles. The van der Waals surface area contributed by atoms with Gasteiger partial charge in [0.05, 0.1) is 17.2 Å². The molecule has 0 aliphatic rings. The SMILES string of the molecule is ON=Cc1nc2ccccc2nc1Cl. The molecule has 0 atom stereocenters. The minimum Gasteiger partial charge on any atom is -0.411 e. The molecule has 0 spiro atoms. The van der Waals surface area contributed by atoms with E-state index in [0.717, 1.165) is 6.21 Å². The summed E-state index contributed by atoms with van der Waals surface area (Å²) >= 11 is 5.81. The molecule has 0 aliphatic heterocycles. The first-order chi connectivity index (χ1) is 6.81. The Hall–Kier alpha value is -1.68. The summed E-state index contributed by atoms with van der Waals surface area (Å²) in [5.41, 5.74) is 1.78. The monoisotopic (exact) mass is 207 g/mol. The first kappa shape index (κ1) is 8.90. The van der Waals surface area contributed by atoms with Crippen LogP contribution in [0.3, 0.4) is 0 Å². The topological polar surface area (TPSA) is 58.4 Å². The molecule has 0 bridgehead atoms. The Morgan fingerprint density at radius 2 is 1.86 bits per heavy atom. The number of hydrogen-bond donors (Lipinski definition) is 1. The van der Waals surface area contributed by atoms with E-state index >= 15 is 0 Å². The van der Waals surface area contributed by atoms with Crippen LogP contribution >= 0.6 is 11.6 Å². The first-order valence-electron chi connectivity index (χ1n) is 3.91. The van der Waals surface area contributed by atoms with E-state index in [-0.39, 0.29) is 5.15 Å². The largest absolute Gasteiger partial charge is 0.411 e. The van der Waals surface area contributed by atoms with Gasteiger partial charge in [0.2, 0.25) is 0 Å². The van der Waals surface area contributed by atoms with Crippen molar-refractivity contribution in [3.63, 3.8) is 0 Å². The van der Waals surface area contributed by atoms with Crippen LogP contribution in [0.25, 0.3) is 11.0 Å². The molecule has 1 aromatic carbocycles. The zero-order valence-electron chi connectivity index (χ0n) is 7.05. The molecule has 0 unspecified atom stereocenters. The average Bonchev–Trinajstić information content (AvgIpc) is 2.19. The van der Waals surface area contributed by atoms with Gasteiger partial charge in [-0.05, 0) is 12.1 Å². The predicted octanol–water partition coefficient (Wildman–Crippen LogP) is 2.09. The van der Waals surface area contributed by atoms with Gasteiger partial charge in [0.1, 0.15) is 5.69 Å². The summed E-state index contributed by atoms with van der Waals surface area (Å²) < 4.78 is 0. The Labute approximate surface area is 84.9 Å². The number of benzene rings is 1. The molecule has 0 saturated heterocycles. The lowest BCUT2D eigenvalue weighted by molar-refractivity contribution is 0.321. The van der Waals surface area contributed by atoms with Gasteiger partial charge in [-0.1, -0.05) is 28.9 Å². The molecule has 2 rings (SSSR count). The van der Waals surface area contributed by atoms with Crippen LogP contribution in [-0.2, 0) is 0 Å². The number of para-hydroxylation sites is 2. The maximum atomic E-state index is 8.36. The lowest BCUT2D eigenvalue weighted by Gasteiger charge is -1.99. The van der Waals surface area contributed by atoms with Crippen LogP contribution in [0.15, 0.2) is 29.4 Å². The van der Waals surface area contributed by atoms with Crippen molar-refractivity contribution >= 4 is 28.8 Å². The minimum absolute atomic E-state index is 0.224. The maximum Gasteiger partial charge on any atom is 0.157 e. The number of oxime groups is 1. The molecule has 4 nitrogen and oxygen atoms in total. The highest BCUT2D eigenvalue weighted by molar-refractivity contribution is 6.31. The van der Waals surface area contributed by atoms with Crippen LogP contribution in [0, 0.1) is 0 Å². The molecule has 0 aliphatic carbocycles. The summed E-state index contributed by atoms with van der Waals surface area (Å²) in [4.78, 5) is 8.26. The second kappa shape index (κ2) is 3.59. The van der Waals surface area contributed by atoms with Crippen molar-refractivity contribution < 1.29 is 5.21 Å². The Kier molecular flexibility index (Phi) is 2.28. The number of nitrogens with zero attached hydrogens (tertiary/aromatic N) is 3. The van der Waals surface area contributed by atoms with E-state index in [9.17, 15) is 0 Å². The number of aromatic nitrogens is 2. The van der Waals surface area contributed by atoms with Crippen LogP contribution in [0.5, 0.6) is 0 Å². The quantitative estimate of drug-likeness (QED) is 0.443. The molecule has 0 amide bonds. The van der Waals surface area contributed by atoms with E-state index in [1.807, 2.05) is 24.3 Å². The van der Waals surface area contributed by atoms with E-state index in [2.05, 4.69) is 15.1 Å². The van der Waals surface area contributed by atoms with Crippen molar-refractivity contribution in [2.75, 3.05) is 0 Å². The molecule has 1 aromatic heterocycles. The van der Waals surface area contributed by atoms with Crippen LogP contribution in [0.1, 0.15) is 5.69 Å². The third-order valence-corrected chi connectivity index (χ3v) is 2.01. The van der Waals surface area contributed by atoms with Gasteiger partial charge in [-0.25, -0.2) is 9.97 Å². The summed E-state index contributed by atoms with van der Waals surface area (Å²) in [5, 5.41) is 11.4. The zero-order valence-corrected chi connectivity index (χ0v) is 7.81. The summed E-state index contributed by atoms with van der Waals surface area (Å²) in [5.74, 6) is 0. The van der Waals surface area contributed by atoms with Crippen LogP contribution in [-0.4, -0.2) is 21.4 Å². The summed E-state index contributed by atoms with van der Waals surface area (Å²) in [6.07, 6.45) is 1.15. The van der Waals surface area contributed by atoms with E-state index < -0.39 is 0 Å². The van der Waals surface area contributed by atoms with E-state index in [4.69, 9.17) is 16.8 Å². The molecule has 1 N–H and O–H groups in total. The first-order valence-corrected chi connectivity index (χ1v) is 4.29. The van der Waals surface area contributed by atoms with E-state index in [1.54, 1.807) is 0 Å². The van der Waals surface area contributed by atoms with E-state index in [0.29, 0.717) is 16.7 Å². The second-order valence-corrected chi connectivity index (χ2v) is 2.99. The van der Waals surface area contributed by atoms with Gasteiger partial charge in [-0.2, -0.15) is 0 Å². The molecule has 0 radical (unpaired) electrons. The second-order valence-electron chi connectivity index (χ2n) is 2.63. The number of fused-ring (bicyclic) bond motifs is 1. The highest BCUT2D eigenvalue weighted by Gasteiger charge is 2.03. The van der Waals surface area contributed by atoms with E-state index in [1.165, 1.54) is 0 Å². The number of halogens is 1. The lowest BCUT2D eigenvalue weighted by Crippen LogP contribution is -1.93. The number of hydrogen-bond acceptors (Lipinski definition) is 4. The molecular weight excluding hydrogens is 202 g/mol. The Balaban J connectivity index is 2.70. The van der Waals surface area contributed by atoms with Crippen molar-refractivity contribution in [2.45, 2.75) is 0 Å². The molecule has 2 aromatic rings. The fourth-order valence-corrected chi connectivity index (χ4v) is 1.31. The van der Waals surface area contributed by atoms with Crippen molar-refractivity contribution in [1.82, 2.24) is 9.97 Å². The minimum atomic E-state index is 0.224. The normalized spacial score (nSPS) is 11.2. The molecule has 5 heteroatoms. The van der Waals surface area contributed by atoms with Gasteiger partial charge < -0.3 is 5.21 Å². The lowest BCUT2D eigenvalue weighted by atomic mass is 10.3. The highest BCUT2D eigenvalue weighted by atomic mass is 35.5. The van der Waals surface area contributed by atoms with Gasteiger partial charge >= 0.3 is 0 Å². The summed E-state index contributed by atoms with van der Waals surface area (Å²) in [7, 11) is 0. The standard InChI is InChI=1S/C9H6ClN3O/c10-9-8(5-11-14)12-6-3-1-2-4-7(6)13-9/h1-5,14H. The zero-order chi connectivity index (χ0) is 9.97. The Morgan fingerprint density at radius 3 is 2.50 bits per heavy atom. The molecule has 0 fully saturated rings. The molecule has 1 heterocycles. The Bertz CT molecular complexity index is 498. The van der Waals surface area contributed by atoms with Gasteiger partial charge in [0, 0.05) is 0 Å². The van der Waals surface area contributed by atoms with Crippen molar-refractivity contribution in [1.29, 1.82) is 0 Å². The van der Waals surface area contributed by atoms with Gasteiger partial charge in [0.15, 0.2) is 5.15 Å². The highest BCUT2D eigenvalue weighted by Crippen LogP contribution is 2.15. The molecule has 70 valence electrons. The molecule has 14 heavy (non-hydrogen) atoms. The van der Waals surface area contributed by atoms with Crippen molar-refractivity contribution in [3.05, 3.63) is 35.1 Å². The Morgan fingerprint density at radius 1 is 1.21 bits per heavy atom. The average molecular weight is 208 g/mol. The molecular formula is C9H6ClN3O. The van der Waals surface area contributed by atoms with Crippen LogP contribution in [0.2, 0.25) is 5.15 Å². The summed E-state index contributed by atoms with van der Waals surface area (Å²) in [6, 6.07) is 7.33. The van der Waals surface area contributed by atoms with Gasteiger partial charge in [0.25, 0.3) is 0 Å². The van der Waals surface area contributed by atoms with Gasteiger partial charge in [-0.15, -0.1) is 0 Å². The summed E-state index contributed by atoms with van der Waals surface area (Å²) in [6.45, 7) is 0. The third kappa shape index (κ3) is 1.52.